The van der Waals surface area contributed by atoms with Crippen molar-refractivity contribution in [3.8, 4) is 0 Å². The third-order valence-corrected chi connectivity index (χ3v) is 3.05. The number of rotatable bonds is 3. The SMILES string of the molecule is O=Cc1ccc(/C=C/c2ccc(F)cc2)s1. The van der Waals surface area contributed by atoms with E-state index in [2.05, 4.69) is 0 Å². The molecular weight excluding hydrogens is 223 g/mol. The van der Waals surface area contributed by atoms with Gasteiger partial charge in [-0.15, -0.1) is 11.3 Å². The molecule has 0 saturated carbocycles. The standard InChI is InChI=1S/C13H9FOS/c14-11-4-1-10(2-5-11)3-6-12-7-8-13(9-15)16-12/h1-9H/b6-3+. The number of thiophene rings is 1. The summed E-state index contributed by atoms with van der Waals surface area (Å²) in [5.41, 5.74) is 0.933. The fourth-order valence-electron chi connectivity index (χ4n) is 1.27. The van der Waals surface area contributed by atoms with Gasteiger partial charge in [0.05, 0.1) is 4.88 Å². The normalized spacial score (nSPS) is 10.8. The van der Waals surface area contributed by atoms with E-state index in [-0.39, 0.29) is 5.82 Å². The summed E-state index contributed by atoms with van der Waals surface area (Å²) in [6.07, 6.45) is 4.63. The van der Waals surface area contributed by atoms with Crippen LogP contribution in [0.5, 0.6) is 0 Å². The molecule has 0 radical (unpaired) electrons. The molecule has 80 valence electrons. The molecule has 3 heteroatoms. The minimum absolute atomic E-state index is 0.239. The summed E-state index contributed by atoms with van der Waals surface area (Å²) in [5, 5.41) is 0. The fourth-order valence-corrected chi connectivity index (χ4v) is 2.00. The van der Waals surface area contributed by atoms with Crippen molar-refractivity contribution in [2.75, 3.05) is 0 Å². The Labute approximate surface area is 96.9 Å². The Morgan fingerprint density at radius 1 is 0.938 bits per heavy atom. The first-order valence-corrected chi connectivity index (χ1v) is 5.58. The Balaban J connectivity index is 2.14. The van der Waals surface area contributed by atoms with Gasteiger partial charge in [0.25, 0.3) is 0 Å². The van der Waals surface area contributed by atoms with Crippen LogP contribution in [-0.2, 0) is 0 Å². The Hall–Kier alpha value is -1.74. The molecule has 16 heavy (non-hydrogen) atoms. The summed E-state index contributed by atoms with van der Waals surface area (Å²) >= 11 is 1.43. The third-order valence-electron chi connectivity index (χ3n) is 2.07. The van der Waals surface area contributed by atoms with E-state index < -0.39 is 0 Å². The van der Waals surface area contributed by atoms with Crippen molar-refractivity contribution in [2.24, 2.45) is 0 Å². The number of aldehydes is 1. The second-order valence-electron chi connectivity index (χ2n) is 3.24. The van der Waals surface area contributed by atoms with Crippen molar-refractivity contribution in [2.45, 2.75) is 0 Å². The fraction of sp³-hybridized carbons (Fsp3) is 0. The van der Waals surface area contributed by atoms with Crippen molar-refractivity contribution in [3.05, 3.63) is 57.5 Å². The highest BCUT2D eigenvalue weighted by Gasteiger charge is 1.95. The number of carbonyl (C=O) groups is 1. The van der Waals surface area contributed by atoms with Gasteiger partial charge in [-0.1, -0.05) is 18.2 Å². The molecular formula is C13H9FOS. The lowest BCUT2D eigenvalue weighted by Crippen LogP contribution is -1.73. The first-order chi connectivity index (χ1) is 7.78. The molecule has 1 aromatic heterocycles. The van der Waals surface area contributed by atoms with Crippen molar-refractivity contribution in [3.63, 3.8) is 0 Å². The van der Waals surface area contributed by atoms with E-state index in [1.807, 2.05) is 18.2 Å². The summed E-state index contributed by atoms with van der Waals surface area (Å²) in [4.78, 5) is 12.2. The number of benzene rings is 1. The lowest BCUT2D eigenvalue weighted by Gasteiger charge is -1.91. The lowest BCUT2D eigenvalue weighted by atomic mass is 10.2. The topological polar surface area (TPSA) is 17.1 Å². The molecule has 0 saturated heterocycles. The minimum Gasteiger partial charge on any atom is -0.297 e. The molecule has 0 amide bonds. The van der Waals surface area contributed by atoms with Gasteiger partial charge in [-0.05, 0) is 35.9 Å². The lowest BCUT2D eigenvalue weighted by molar-refractivity contribution is 0.112. The van der Waals surface area contributed by atoms with E-state index in [0.29, 0.717) is 4.88 Å². The summed E-state index contributed by atoms with van der Waals surface area (Å²) < 4.78 is 12.6. The van der Waals surface area contributed by atoms with Crippen LogP contribution in [0, 0.1) is 5.82 Å². The number of hydrogen-bond donors (Lipinski definition) is 0. The molecule has 0 bridgehead atoms. The maximum absolute atomic E-state index is 12.6. The van der Waals surface area contributed by atoms with Crippen LogP contribution in [0.15, 0.2) is 36.4 Å². The van der Waals surface area contributed by atoms with Gasteiger partial charge < -0.3 is 0 Å². The molecule has 0 unspecified atom stereocenters. The zero-order valence-electron chi connectivity index (χ0n) is 8.39. The second-order valence-corrected chi connectivity index (χ2v) is 4.39. The quantitative estimate of drug-likeness (QED) is 0.734. The molecule has 0 atom stereocenters. The molecule has 0 N–H and O–H groups in total. The molecule has 0 aliphatic carbocycles. The maximum Gasteiger partial charge on any atom is 0.160 e. The van der Waals surface area contributed by atoms with Gasteiger partial charge in [0, 0.05) is 4.88 Å². The van der Waals surface area contributed by atoms with Gasteiger partial charge in [0.15, 0.2) is 6.29 Å². The summed E-state index contributed by atoms with van der Waals surface area (Å²) in [7, 11) is 0. The van der Waals surface area contributed by atoms with Crippen molar-refractivity contribution in [1.82, 2.24) is 0 Å². The van der Waals surface area contributed by atoms with E-state index in [1.54, 1.807) is 18.2 Å². The molecule has 1 aromatic carbocycles. The van der Waals surface area contributed by atoms with E-state index >= 15 is 0 Å². The molecule has 1 nitrogen and oxygen atoms in total. The molecule has 0 aliphatic heterocycles. The van der Waals surface area contributed by atoms with Crippen LogP contribution in [0.2, 0.25) is 0 Å². The van der Waals surface area contributed by atoms with Crippen molar-refractivity contribution in [1.29, 1.82) is 0 Å². The van der Waals surface area contributed by atoms with E-state index in [4.69, 9.17) is 0 Å². The van der Waals surface area contributed by atoms with E-state index in [1.165, 1.54) is 23.5 Å². The van der Waals surface area contributed by atoms with Gasteiger partial charge in [-0.2, -0.15) is 0 Å². The second kappa shape index (κ2) is 4.86. The smallest absolute Gasteiger partial charge is 0.160 e. The molecule has 0 fully saturated rings. The Kier molecular flexibility index (Phi) is 3.27. The van der Waals surface area contributed by atoms with Gasteiger partial charge in [0.1, 0.15) is 5.82 Å². The molecule has 2 rings (SSSR count). The van der Waals surface area contributed by atoms with Crippen molar-refractivity contribution < 1.29 is 9.18 Å². The summed E-state index contributed by atoms with van der Waals surface area (Å²) in [5.74, 6) is -0.239. The van der Waals surface area contributed by atoms with Crippen LogP contribution >= 0.6 is 11.3 Å². The van der Waals surface area contributed by atoms with Gasteiger partial charge in [-0.25, -0.2) is 4.39 Å². The van der Waals surface area contributed by atoms with E-state index in [0.717, 1.165) is 16.7 Å². The zero-order valence-corrected chi connectivity index (χ0v) is 9.21. The van der Waals surface area contributed by atoms with Gasteiger partial charge in [-0.3, -0.25) is 4.79 Å². The molecule has 0 aliphatic rings. The number of hydrogen-bond acceptors (Lipinski definition) is 2. The molecule has 0 spiro atoms. The van der Waals surface area contributed by atoms with Crippen LogP contribution in [0.4, 0.5) is 4.39 Å². The van der Waals surface area contributed by atoms with Crippen LogP contribution in [0.3, 0.4) is 0 Å². The monoisotopic (exact) mass is 232 g/mol. The Bertz CT molecular complexity index is 511. The third kappa shape index (κ3) is 2.64. The van der Waals surface area contributed by atoms with Crippen molar-refractivity contribution >= 4 is 29.8 Å². The Morgan fingerprint density at radius 3 is 2.25 bits per heavy atom. The number of halogens is 1. The molecule has 1 heterocycles. The summed E-state index contributed by atoms with van der Waals surface area (Å²) in [6.45, 7) is 0. The highest BCUT2D eigenvalue weighted by atomic mass is 32.1. The predicted octanol–water partition coefficient (Wildman–Crippen LogP) is 3.87. The van der Waals surface area contributed by atoms with E-state index in [9.17, 15) is 9.18 Å². The van der Waals surface area contributed by atoms with Gasteiger partial charge in [0.2, 0.25) is 0 Å². The predicted molar refractivity (Wildman–Crippen MR) is 65.0 cm³/mol. The maximum atomic E-state index is 12.6. The first-order valence-electron chi connectivity index (χ1n) is 4.76. The van der Waals surface area contributed by atoms with Gasteiger partial charge >= 0.3 is 0 Å². The average molecular weight is 232 g/mol. The van der Waals surface area contributed by atoms with Crippen LogP contribution < -0.4 is 0 Å². The van der Waals surface area contributed by atoms with Crippen LogP contribution in [0.1, 0.15) is 20.1 Å². The highest BCUT2D eigenvalue weighted by Crippen LogP contribution is 2.17. The first kappa shape index (κ1) is 10.8. The highest BCUT2D eigenvalue weighted by molar-refractivity contribution is 7.14. The zero-order chi connectivity index (χ0) is 11.4. The largest absolute Gasteiger partial charge is 0.297 e. The minimum atomic E-state index is -0.239. The van der Waals surface area contributed by atoms with Crippen LogP contribution in [-0.4, -0.2) is 6.29 Å². The number of carbonyl (C=O) groups excluding carboxylic acids is 1. The Morgan fingerprint density at radius 2 is 1.62 bits per heavy atom. The summed E-state index contributed by atoms with van der Waals surface area (Å²) in [6, 6.07) is 9.92. The average Bonchev–Trinajstić information content (AvgIpc) is 2.76. The van der Waals surface area contributed by atoms with Crippen LogP contribution in [0.25, 0.3) is 12.2 Å². The molecule has 2 aromatic rings.